The second kappa shape index (κ2) is 19.1. The van der Waals surface area contributed by atoms with Crippen LogP contribution in [0.1, 0.15) is 127 Å². The molecule has 0 bridgehead atoms. The van der Waals surface area contributed by atoms with Gasteiger partial charge in [0.15, 0.2) is 6.29 Å². The summed E-state index contributed by atoms with van der Waals surface area (Å²) in [5.74, 6) is 5.45. The van der Waals surface area contributed by atoms with Gasteiger partial charge >= 0.3 is 0 Å². The zero-order valence-corrected chi connectivity index (χ0v) is 23.0. The minimum Gasteiger partial charge on any atom is -0.378 e. The van der Waals surface area contributed by atoms with E-state index in [-0.39, 0.29) is 13.7 Å². The Bertz CT molecular complexity index is 288. The molecule has 2 unspecified atom stereocenters. The SMILES string of the molecule is C.CC1CCC(C)CC1.CC1CCC(C)CC1.CC1CCC(C)OC1.CC1COC(C)OC1. The van der Waals surface area contributed by atoms with Gasteiger partial charge in [-0.1, -0.05) is 100 Å². The highest BCUT2D eigenvalue weighted by atomic mass is 16.7. The van der Waals surface area contributed by atoms with Crippen molar-refractivity contribution in [2.75, 3.05) is 19.8 Å². The van der Waals surface area contributed by atoms with E-state index in [1.54, 1.807) is 0 Å². The van der Waals surface area contributed by atoms with Crippen molar-refractivity contribution in [3.63, 3.8) is 0 Å². The van der Waals surface area contributed by atoms with E-state index in [1.165, 1.54) is 64.2 Å². The lowest BCUT2D eigenvalue weighted by atomic mass is 9.84. The predicted molar refractivity (Wildman–Crippen MR) is 145 cm³/mol. The van der Waals surface area contributed by atoms with Gasteiger partial charge in [-0.2, -0.15) is 0 Å². The molecule has 4 rings (SSSR count). The fourth-order valence-electron chi connectivity index (χ4n) is 4.56. The van der Waals surface area contributed by atoms with E-state index in [9.17, 15) is 0 Å². The molecule has 0 amide bonds. The van der Waals surface area contributed by atoms with Gasteiger partial charge in [-0.3, -0.25) is 0 Å². The minimum absolute atomic E-state index is 0. The van der Waals surface area contributed by atoms with Crippen molar-refractivity contribution < 1.29 is 14.2 Å². The first-order valence-electron chi connectivity index (χ1n) is 14.0. The van der Waals surface area contributed by atoms with E-state index in [4.69, 9.17) is 14.2 Å². The molecule has 2 saturated heterocycles. The number of ether oxygens (including phenoxy) is 3. The quantitative estimate of drug-likeness (QED) is 0.353. The zero-order valence-electron chi connectivity index (χ0n) is 23.0. The molecule has 0 aromatic heterocycles. The van der Waals surface area contributed by atoms with Gasteiger partial charge < -0.3 is 14.2 Å². The molecule has 0 N–H and O–H groups in total. The highest BCUT2D eigenvalue weighted by Gasteiger charge is 2.15. The van der Waals surface area contributed by atoms with Gasteiger partial charge in [-0.05, 0) is 56.3 Å². The van der Waals surface area contributed by atoms with Gasteiger partial charge in [0.1, 0.15) is 0 Å². The van der Waals surface area contributed by atoms with Crippen molar-refractivity contribution in [1.29, 1.82) is 0 Å². The standard InChI is InChI=1S/2C8H16.C7H14O.C6H12O2.CH4/c2*1-7-3-5-8(2)6-4-7;1-6-3-4-7(2)8-5-6;1-5-3-7-6(2)8-4-5;/h2*7-8H,3-6H2,1-2H3;6-7H,3-5H2,1-2H3;5-6H,3-4H2,1-2H3;1H4. The van der Waals surface area contributed by atoms with E-state index < -0.39 is 0 Å². The maximum absolute atomic E-state index is 5.39. The van der Waals surface area contributed by atoms with Crippen molar-refractivity contribution in [3.8, 4) is 0 Å². The fraction of sp³-hybridized carbons (Fsp3) is 1.00. The van der Waals surface area contributed by atoms with E-state index in [1.807, 2.05) is 6.92 Å². The Morgan fingerprint density at radius 3 is 0.909 bits per heavy atom. The molecule has 2 aliphatic carbocycles. The third kappa shape index (κ3) is 17.9. The Hall–Kier alpha value is -0.120. The molecule has 3 nitrogen and oxygen atoms in total. The van der Waals surface area contributed by atoms with Crippen LogP contribution >= 0.6 is 0 Å². The second-order valence-electron chi connectivity index (χ2n) is 11.9. The van der Waals surface area contributed by atoms with Gasteiger partial charge in [0.25, 0.3) is 0 Å². The van der Waals surface area contributed by atoms with Crippen LogP contribution in [0.15, 0.2) is 0 Å². The molecule has 0 aromatic carbocycles. The lowest BCUT2D eigenvalue weighted by Gasteiger charge is -2.24. The van der Waals surface area contributed by atoms with Crippen LogP contribution in [0.2, 0.25) is 0 Å². The van der Waals surface area contributed by atoms with Crippen molar-refractivity contribution in [1.82, 2.24) is 0 Å². The molecule has 200 valence electrons. The van der Waals surface area contributed by atoms with E-state index in [0.29, 0.717) is 12.0 Å². The van der Waals surface area contributed by atoms with E-state index in [2.05, 4.69) is 48.5 Å². The van der Waals surface area contributed by atoms with Crippen LogP contribution in [-0.4, -0.2) is 32.2 Å². The van der Waals surface area contributed by atoms with Gasteiger partial charge in [-0.25, -0.2) is 0 Å². The number of hydrogen-bond donors (Lipinski definition) is 0. The van der Waals surface area contributed by atoms with Crippen molar-refractivity contribution in [2.24, 2.45) is 35.5 Å². The molecule has 2 saturated carbocycles. The lowest BCUT2D eigenvalue weighted by molar-refractivity contribution is -0.187. The van der Waals surface area contributed by atoms with Gasteiger partial charge in [-0.15, -0.1) is 0 Å². The summed E-state index contributed by atoms with van der Waals surface area (Å²) >= 11 is 0. The first kappa shape index (κ1) is 32.9. The highest BCUT2D eigenvalue weighted by molar-refractivity contribution is 4.66. The monoisotopic (exact) mass is 470 g/mol. The van der Waals surface area contributed by atoms with E-state index in [0.717, 1.165) is 49.4 Å². The Balaban J connectivity index is 0.000000410. The summed E-state index contributed by atoms with van der Waals surface area (Å²) in [6.07, 6.45) is 14.9. The molecule has 0 radical (unpaired) electrons. The van der Waals surface area contributed by atoms with Crippen LogP contribution in [0.5, 0.6) is 0 Å². The number of hydrogen-bond acceptors (Lipinski definition) is 3. The second-order valence-corrected chi connectivity index (χ2v) is 11.9. The van der Waals surface area contributed by atoms with Crippen LogP contribution in [-0.2, 0) is 14.2 Å². The lowest BCUT2D eigenvalue weighted by Crippen LogP contribution is -2.27. The van der Waals surface area contributed by atoms with E-state index >= 15 is 0 Å². The Morgan fingerprint density at radius 1 is 0.364 bits per heavy atom. The smallest absolute Gasteiger partial charge is 0.154 e. The Morgan fingerprint density at radius 2 is 0.667 bits per heavy atom. The average molecular weight is 471 g/mol. The van der Waals surface area contributed by atoms with Gasteiger partial charge in [0.2, 0.25) is 0 Å². The van der Waals surface area contributed by atoms with Crippen LogP contribution in [0.4, 0.5) is 0 Å². The molecule has 0 spiro atoms. The first-order chi connectivity index (χ1) is 15.2. The topological polar surface area (TPSA) is 27.7 Å². The maximum atomic E-state index is 5.39. The van der Waals surface area contributed by atoms with Crippen LogP contribution in [0, 0.1) is 35.5 Å². The molecular weight excluding hydrogens is 408 g/mol. The summed E-state index contributed by atoms with van der Waals surface area (Å²) in [6.45, 7) is 20.6. The summed E-state index contributed by atoms with van der Waals surface area (Å²) in [6, 6.07) is 0. The molecule has 2 aliphatic heterocycles. The number of rotatable bonds is 0. The van der Waals surface area contributed by atoms with Crippen molar-refractivity contribution in [2.45, 2.75) is 139 Å². The molecule has 4 aliphatic rings. The van der Waals surface area contributed by atoms with Crippen LogP contribution in [0.25, 0.3) is 0 Å². The predicted octanol–water partition coefficient (Wildman–Crippen LogP) is 9.14. The van der Waals surface area contributed by atoms with Gasteiger partial charge in [0, 0.05) is 12.5 Å². The van der Waals surface area contributed by atoms with Crippen molar-refractivity contribution >= 4 is 0 Å². The molecule has 2 atom stereocenters. The Labute approximate surface area is 209 Å². The molecule has 3 heteroatoms. The largest absolute Gasteiger partial charge is 0.378 e. The minimum atomic E-state index is 0. The zero-order chi connectivity index (χ0) is 23.9. The summed E-state index contributed by atoms with van der Waals surface area (Å²) in [5.41, 5.74) is 0. The third-order valence-electron chi connectivity index (χ3n) is 7.57. The summed E-state index contributed by atoms with van der Waals surface area (Å²) < 4.78 is 15.7. The molecule has 2 heterocycles. The Kier molecular flexibility index (Phi) is 19.0. The van der Waals surface area contributed by atoms with Crippen LogP contribution in [0.3, 0.4) is 0 Å². The van der Waals surface area contributed by atoms with Crippen LogP contribution < -0.4 is 0 Å². The average Bonchev–Trinajstić information content (AvgIpc) is 2.78. The fourth-order valence-corrected chi connectivity index (χ4v) is 4.56. The molecular formula is C30H62O3. The van der Waals surface area contributed by atoms with Crippen molar-refractivity contribution in [3.05, 3.63) is 0 Å². The summed E-state index contributed by atoms with van der Waals surface area (Å²) in [5, 5.41) is 0. The maximum Gasteiger partial charge on any atom is 0.154 e. The molecule has 4 fully saturated rings. The van der Waals surface area contributed by atoms with Gasteiger partial charge in [0.05, 0.1) is 19.3 Å². The normalized spacial score (nSPS) is 38.5. The third-order valence-corrected chi connectivity index (χ3v) is 7.57. The summed E-state index contributed by atoms with van der Waals surface area (Å²) in [4.78, 5) is 0. The summed E-state index contributed by atoms with van der Waals surface area (Å²) in [7, 11) is 0. The molecule has 0 aromatic rings. The molecule has 33 heavy (non-hydrogen) atoms. The first-order valence-corrected chi connectivity index (χ1v) is 14.0. The highest BCUT2D eigenvalue weighted by Crippen LogP contribution is 2.28.